The van der Waals surface area contributed by atoms with Gasteiger partial charge < -0.3 is 19.7 Å². The number of amides is 1. The van der Waals surface area contributed by atoms with Gasteiger partial charge in [0.25, 0.3) is 6.01 Å². The molecule has 1 fully saturated rings. The summed E-state index contributed by atoms with van der Waals surface area (Å²) >= 11 is 3.39. The molecule has 0 radical (unpaired) electrons. The Balaban J connectivity index is 1.79. The van der Waals surface area contributed by atoms with Crippen LogP contribution in [0.4, 0.5) is 10.8 Å². The molecule has 0 saturated carbocycles. The third kappa shape index (κ3) is 2.51. The Bertz CT molecular complexity index is 628. The van der Waals surface area contributed by atoms with Gasteiger partial charge in [-0.05, 0) is 24.6 Å². The number of rotatable bonds is 2. The maximum atomic E-state index is 10.6. The van der Waals surface area contributed by atoms with Gasteiger partial charge in [-0.15, -0.1) is 0 Å². The van der Waals surface area contributed by atoms with E-state index in [4.69, 9.17) is 9.52 Å². The average Bonchev–Trinajstić information content (AvgIpc) is 2.93. The summed E-state index contributed by atoms with van der Waals surface area (Å²) in [5, 5.41) is 11.2. The number of oxazole rings is 1. The van der Waals surface area contributed by atoms with Crippen LogP contribution >= 0.6 is 15.9 Å². The van der Waals surface area contributed by atoms with Crippen LogP contribution in [0, 0.1) is 0 Å². The van der Waals surface area contributed by atoms with Crippen molar-refractivity contribution in [3.8, 4) is 0 Å². The number of benzene rings is 1. The second-order valence-corrected chi connectivity index (χ2v) is 5.41. The fourth-order valence-corrected chi connectivity index (χ4v) is 2.60. The zero-order valence-electron chi connectivity index (χ0n) is 9.97. The Hall–Kier alpha value is -1.76. The minimum absolute atomic E-state index is 0.0701. The molecule has 0 aliphatic carbocycles. The van der Waals surface area contributed by atoms with E-state index in [0.29, 0.717) is 12.6 Å². The lowest BCUT2D eigenvalue weighted by atomic mass is 10.3. The largest absolute Gasteiger partial charge is 0.465 e. The number of fused-ring (bicyclic) bond motifs is 1. The van der Waals surface area contributed by atoms with Crippen LogP contribution < -0.4 is 10.2 Å². The summed E-state index contributed by atoms with van der Waals surface area (Å²) in [4.78, 5) is 17.0. The van der Waals surface area contributed by atoms with Gasteiger partial charge in [-0.1, -0.05) is 15.9 Å². The lowest BCUT2D eigenvalue weighted by Crippen LogP contribution is -2.36. The molecule has 1 amide bonds. The topological polar surface area (TPSA) is 78.6 Å². The number of carboxylic acid groups (broad SMARTS) is 1. The van der Waals surface area contributed by atoms with Crippen molar-refractivity contribution < 1.29 is 14.3 Å². The van der Waals surface area contributed by atoms with Crippen molar-refractivity contribution in [2.24, 2.45) is 0 Å². The van der Waals surface area contributed by atoms with Crippen molar-refractivity contribution in [3.05, 3.63) is 22.7 Å². The molecule has 6 nitrogen and oxygen atoms in total. The molecule has 7 heteroatoms. The van der Waals surface area contributed by atoms with Crippen molar-refractivity contribution in [2.75, 3.05) is 18.0 Å². The normalized spacial score (nSPS) is 19.0. The fourth-order valence-electron chi connectivity index (χ4n) is 2.25. The summed E-state index contributed by atoms with van der Waals surface area (Å²) in [7, 11) is 0. The number of anilines is 1. The van der Waals surface area contributed by atoms with E-state index < -0.39 is 6.09 Å². The average molecular weight is 326 g/mol. The predicted molar refractivity (Wildman–Crippen MR) is 73.5 cm³/mol. The van der Waals surface area contributed by atoms with Crippen molar-refractivity contribution in [2.45, 2.75) is 12.5 Å². The molecule has 3 rings (SSSR count). The first-order chi connectivity index (χ1) is 9.11. The molecule has 2 heterocycles. The minimum Gasteiger partial charge on any atom is -0.465 e. The molecule has 19 heavy (non-hydrogen) atoms. The summed E-state index contributed by atoms with van der Waals surface area (Å²) in [5.74, 6) is 0. The monoisotopic (exact) mass is 325 g/mol. The van der Waals surface area contributed by atoms with Crippen LogP contribution in [-0.2, 0) is 0 Å². The Kier molecular flexibility index (Phi) is 3.06. The van der Waals surface area contributed by atoms with Gasteiger partial charge in [0, 0.05) is 17.6 Å². The van der Waals surface area contributed by atoms with Gasteiger partial charge in [0.05, 0.1) is 6.04 Å². The molecule has 1 aromatic heterocycles. The summed E-state index contributed by atoms with van der Waals surface area (Å²) in [5.41, 5.74) is 1.52. The third-order valence-electron chi connectivity index (χ3n) is 3.12. The Morgan fingerprint density at radius 1 is 1.58 bits per heavy atom. The molecule has 1 aliphatic rings. The SMILES string of the molecule is O=C(O)N[C@H]1CCN(c2nc3cc(Br)ccc3o2)C1. The number of nitrogens with zero attached hydrogens (tertiary/aromatic N) is 2. The summed E-state index contributed by atoms with van der Waals surface area (Å²) < 4.78 is 6.63. The maximum absolute atomic E-state index is 10.6. The van der Waals surface area contributed by atoms with E-state index in [9.17, 15) is 4.79 Å². The molecule has 1 saturated heterocycles. The fraction of sp³-hybridized carbons (Fsp3) is 0.333. The second-order valence-electron chi connectivity index (χ2n) is 4.49. The lowest BCUT2D eigenvalue weighted by Gasteiger charge is -2.13. The first-order valence-corrected chi connectivity index (χ1v) is 6.71. The molecule has 1 aliphatic heterocycles. The molecule has 2 N–H and O–H groups in total. The molecule has 2 aromatic rings. The summed E-state index contributed by atoms with van der Waals surface area (Å²) in [6.07, 6.45) is -0.234. The predicted octanol–water partition coefficient (Wildman–Crippen LogP) is 2.44. The molecule has 0 spiro atoms. The third-order valence-corrected chi connectivity index (χ3v) is 3.62. The Labute approximate surface area is 117 Å². The molecule has 1 aromatic carbocycles. The molecule has 100 valence electrons. The number of hydrogen-bond acceptors (Lipinski definition) is 4. The van der Waals surface area contributed by atoms with Crippen LogP contribution in [0.1, 0.15) is 6.42 Å². The highest BCUT2D eigenvalue weighted by Crippen LogP contribution is 2.26. The first kappa shape index (κ1) is 12.3. The molecule has 0 unspecified atom stereocenters. The molecule has 0 bridgehead atoms. The minimum atomic E-state index is -0.992. The van der Waals surface area contributed by atoms with Crippen LogP contribution in [0.3, 0.4) is 0 Å². The maximum Gasteiger partial charge on any atom is 0.404 e. The van der Waals surface area contributed by atoms with Crippen LogP contribution in [0.2, 0.25) is 0 Å². The van der Waals surface area contributed by atoms with E-state index in [1.807, 2.05) is 23.1 Å². The van der Waals surface area contributed by atoms with Crippen molar-refractivity contribution in [3.63, 3.8) is 0 Å². The van der Waals surface area contributed by atoms with Crippen molar-refractivity contribution in [1.82, 2.24) is 10.3 Å². The smallest absolute Gasteiger partial charge is 0.404 e. The summed E-state index contributed by atoms with van der Waals surface area (Å²) in [6.45, 7) is 1.32. The standard InChI is InChI=1S/C12H12BrN3O3/c13-7-1-2-10-9(5-7)15-11(19-10)16-4-3-8(6-16)14-12(17)18/h1-2,5,8,14H,3-4,6H2,(H,17,18)/t8-/m0/s1. The first-order valence-electron chi connectivity index (χ1n) is 5.92. The summed E-state index contributed by atoms with van der Waals surface area (Å²) in [6, 6.07) is 6.13. The lowest BCUT2D eigenvalue weighted by molar-refractivity contribution is 0.191. The van der Waals surface area contributed by atoms with E-state index in [1.165, 1.54) is 0 Å². The van der Waals surface area contributed by atoms with Gasteiger partial charge in [-0.25, -0.2) is 4.79 Å². The van der Waals surface area contributed by atoms with Gasteiger partial charge in [-0.2, -0.15) is 4.98 Å². The number of carbonyl (C=O) groups is 1. The van der Waals surface area contributed by atoms with Gasteiger partial charge in [0.2, 0.25) is 0 Å². The van der Waals surface area contributed by atoms with Gasteiger partial charge in [-0.3, -0.25) is 0 Å². The van der Waals surface area contributed by atoms with Crippen LogP contribution in [0.15, 0.2) is 27.1 Å². The van der Waals surface area contributed by atoms with E-state index >= 15 is 0 Å². The zero-order chi connectivity index (χ0) is 13.4. The number of nitrogens with one attached hydrogen (secondary N) is 1. The van der Waals surface area contributed by atoms with Gasteiger partial charge in [0.1, 0.15) is 5.52 Å². The van der Waals surface area contributed by atoms with E-state index in [2.05, 4.69) is 26.2 Å². The van der Waals surface area contributed by atoms with Crippen LogP contribution in [0.5, 0.6) is 0 Å². The highest BCUT2D eigenvalue weighted by Gasteiger charge is 2.26. The van der Waals surface area contributed by atoms with Crippen LogP contribution in [0.25, 0.3) is 11.1 Å². The van der Waals surface area contributed by atoms with Crippen molar-refractivity contribution >= 4 is 39.1 Å². The Morgan fingerprint density at radius 2 is 2.42 bits per heavy atom. The molecular weight excluding hydrogens is 314 g/mol. The van der Waals surface area contributed by atoms with E-state index in [-0.39, 0.29) is 6.04 Å². The zero-order valence-corrected chi connectivity index (χ0v) is 11.6. The highest BCUT2D eigenvalue weighted by molar-refractivity contribution is 9.10. The molecule has 1 atom stereocenters. The highest BCUT2D eigenvalue weighted by atomic mass is 79.9. The number of aromatic nitrogens is 1. The van der Waals surface area contributed by atoms with Gasteiger partial charge in [0.15, 0.2) is 5.58 Å². The number of halogens is 1. The molecular formula is C12H12BrN3O3. The quantitative estimate of drug-likeness (QED) is 0.886. The van der Waals surface area contributed by atoms with Crippen LogP contribution in [-0.4, -0.2) is 35.3 Å². The van der Waals surface area contributed by atoms with Gasteiger partial charge >= 0.3 is 6.09 Å². The van der Waals surface area contributed by atoms with E-state index in [0.717, 1.165) is 28.5 Å². The number of hydrogen-bond donors (Lipinski definition) is 2. The Morgan fingerprint density at radius 3 is 3.21 bits per heavy atom. The second kappa shape index (κ2) is 4.73. The van der Waals surface area contributed by atoms with Crippen molar-refractivity contribution in [1.29, 1.82) is 0 Å². The van der Waals surface area contributed by atoms with E-state index in [1.54, 1.807) is 0 Å².